The van der Waals surface area contributed by atoms with E-state index in [0.717, 1.165) is 11.1 Å². The smallest absolute Gasteiger partial charge is 0.231 e. The fourth-order valence-electron chi connectivity index (χ4n) is 2.38. The van der Waals surface area contributed by atoms with Crippen molar-refractivity contribution in [1.29, 1.82) is 0 Å². The van der Waals surface area contributed by atoms with Gasteiger partial charge in [-0.15, -0.1) is 0 Å². The fraction of sp³-hybridized carbons (Fsp3) is 0.500. The molecular formula is C14H20N2O3. The summed E-state index contributed by atoms with van der Waals surface area (Å²) in [6.45, 7) is 4.68. The first kappa shape index (κ1) is 13.8. The van der Waals surface area contributed by atoms with E-state index < -0.39 is 0 Å². The van der Waals surface area contributed by atoms with Gasteiger partial charge >= 0.3 is 0 Å². The highest BCUT2D eigenvalue weighted by molar-refractivity contribution is 5.95. The summed E-state index contributed by atoms with van der Waals surface area (Å²) in [5.74, 6) is -0.235. The van der Waals surface area contributed by atoms with Crippen LogP contribution in [0.15, 0.2) is 12.1 Å². The molecule has 0 aromatic heterocycles. The third-order valence-corrected chi connectivity index (χ3v) is 3.49. The molecule has 104 valence electrons. The lowest BCUT2D eigenvalue weighted by Gasteiger charge is -2.17. The van der Waals surface area contributed by atoms with Crippen molar-refractivity contribution in [3.05, 3.63) is 23.3 Å². The van der Waals surface area contributed by atoms with Crippen LogP contribution in [0.2, 0.25) is 0 Å². The average molecular weight is 264 g/mol. The molecule has 2 atom stereocenters. The number of amides is 1. The molecular weight excluding hydrogens is 244 g/mol. The van der Waals surface area contributed by atoms with Crippen molar-refractivity contribution in [3.8, 4) is 5.75 Å². The van der Waals surface area contributed by atoms with Crippen LogP contribution in [0.3, 0.4) is 0 Å². The number of rotatable bonds is 3. The molecule has 3 N–H and O–H groups in total. The van der Waals surface area contributed by atoms with Crippen LogP contribution in [0.1, 0.15) is 11.1 Å². The SMILES string of the molecule is CNC1COCC1C(=O)Nc1cc(C)cc(C)c1O. The largest absolute Gasteiger partial charge is 0.505 e. The van der Waals surface area contributed by atoms with Crippen molar-refractivity contribution in [3.63, 3.8) is 0 Å². The minimum absolute atomic E-state index is 0.0213. The van der Waals surface area contributed by atoms with Crippen molar-refractivity contribution < 1.29 is 14.6 Å². The molecule has 2 rings (SSSR count). The predicted octanol–water partition coefficient (Wildman–Crippen LogP) is 1.18. The number of phenolic OH excluding ortho intramolecular Hbond substituents is 1. The molecule has 5 heteroatoms. The second kappa shape index (κ2) is 5.59. The molecule has 1 aromatic rings. The Morgan fingerprint density at radius 3 is 2.79 bits per heavy atom. The molecule has 0 bridgehead atoms. The summed E-state index contributed by atoms with van der Waals surface area (Å²) >= 11 is 0. The van der Waals surface area contributed by atoms with Gasteiger partial charge in [0.25, 0.3) is 0 Å². The predicted molar refractivity (Wildman–Crippen MR) is 73.4 cm³/mol. The van der Waals surface area contributed by atoms with Crippen molar-refractivity contribution >= 4 is 11.6 Å². The van der Waals surface area contributed by atoms with Crippen LogP contribution in [0.25, 0.3) is 0 Å². The average Bonchev–Trinajstić information content (AvgIpc) is 2.83. The van der Waals surface area contributed by atoms with E-state index >= 15 is 0 Å². The molecule has 0 aliphatic carbocycles. The monoisotopic (exact) mass is 264 g/mol. The van der Waals surface area contributed by atoms with E-state index in [1.165, 1.54) is 0 Å². The zero-order chi connectivity index (χ0) is 14.0. The van der Waals surface area contributed by atoms with Crippen molar-refractivity contribution in [1.82, 2.24) is 5.32 Å². The summed E-state index contributed by atoms with van der Waals surface area (Å²) < 4.78 is 5.31. The van der Waals surface area contributed by atoms with Crippen LogP contribution in [-0.4, -0.2) is 37.3 Å². The van der Waals surface area contributed by atoms with Crippen LogP contribution in [0, 0.1) is 19.8 Å². The third kappa shape index (κ3) is 2.88. The minimum atomic E-state index is -0.231. The molecule has 1 aliphatic rings. The van der Waals surface area contributed by atoms with E-state index in [1.807, 2.05) is 27.0 Å². The molecule has 1 saturated heterocycles. The van der Waals surface area contributed by atoms with E-state index in [1.54, 1.807) is 6.07 Å². The molecule has 1 aromatic carbocycles. The molecule has 2 unspecified atom stereocenters. The number of likely N-dealkylation sites (N-methyl/N-ethyl adjacent to an activating group) is 1. The Bertz CT molecular complexity index is 488. The molecule has 1 amide bonds. The van der Waals surface area contributed by atoms with E-state index in [2.05, 4.69) is 10.6 Å². The normalized spacial score (nSPS) is 22.5. The molecule has 1 aliphatic heterocycles. The Balaban J connectivity index is 2.15. The molecule has 1 heterocycles. The number of carbonyl (C=O) groups is 1. The molecule has 0 spiro atoms. The lowest BCUT2D eigenvalue weighted by molar-refractivity contribution is -0.120. The Hall–Kier alpha value is -1.59. The highest BCUT2D eigenvalue weighted by Crippen LogP contribution is 2.29. The first-order valence-corrected chi connectivity index (χ1v) is 6.39. The Labute approximate surface area is 113 Å². The summed E-state index contributed by atoms with van der Waals surface area (Å²) in [6.07, 6.45) is 0. The summed E-state index contributed by atoms with van der Waals surface area (Å²) in [6, 6.07) is 3.66. The van der Waals surface area contributed by atoms with Gasteiger partial charge < -0.3 is 20.5 Å². The maximum atomic E-state index is 12.2. The van der Waals surface area contributed by atoms with E-state index in [9.17, 15) is 9.90 Å². The first-order valence-electron chi connectivity index (χ1n) is 6.39. The van der Waals surface area contributed by atoms with Gasteiger partial charge in [-0.25, -0.2) is 0 Å². The van der Waals surface area contributed by atoms with Gasteiger partial charge in [0, 0.05) is 6.04 Å². The zero-order valence-corrected chi connectivity index (χ0v) is 11.5. The van der Waals surface area contributed by atoms with Gasteiger partial charge in [0.15, 0.2) is 0 Å². The van der Waals surface area contributed by atoms with Crippen molar-refractivity contribution in [2.24, 2.45) is 5.92 Å². The molecule has 5 nitrogen and oxygen atoms in total. The lowest BCUT2D eigenvalue weighted by atomic mass is 10.0. The highest BCUT2D eigenvalue weighted by atomic mass is 16.5. The lowest BCUT2D eigenvalue weighted by Crippen LogP contribution is -2.39. The number of carbonyl (C=O) groups excluding carboxylic acids is 1. The third-order valence-electron chi connectivity index (χ3n) is 3.49. The first-order chi connectivity index (χ1) is 9.02. The van der Waals surface area contributed by atoms with Crippen LogP contribution in [-0.2, 0) is 9.53 Å². The summed E-state index contributed by atoms with van der Waals surface area (Å²) in [7, 11) is 1.81. The van der Waals surface area contributed by atoms with Gasteiger partial charge in [0.05, 0.1) is 24.8 Å². The maximum Gasteiger partial charge on any atom is 0.231 e. The topological polar surface area (TPSA) is 70.6 Å². The standard InChI is InChI=1S/C14H20N2O3/c1-8-4-9(2)13(17)11(5-8)16-14(18)10-6-19-7-12(10)15-3/h4-5,10,12,15,17H,6-7H2,1-3H3,(H,16,18). The fourth-order valence-corrected chi connectivity index (χ4v) is 2.38. The summed E-state index contributed by atoms with van der Waals surface area (Å²) in [5, 5.41) is 15.8. The van der Waals surface area contributed by atoms with Crippen LogP contribution >= 0.6 is 0 Å². The van der Waals surface area contributed by atoms with E-state index in [4.69, 9.17) is 4.74 Å². The highest BCUT2D eigenvalue weighted by Gasteiger charge is 2.33. The van der Waals surface area contributed by atoms with Gasteiger partial charge in [-0.05, 0) is 38.1 Å². The van der Waals surface area contributed by atoms with Crippen molar-refractivity contribution in [2.75, 3.05) is 25.6 Å². The number of anilines is 1. The molecule has 0 saturated carbocycles. The zero-order valence-electron chi connectivity index (χ0n) is 11.5. The number of nitrogens with one attached hydrogen (secondary N) is 2. The summed E-state index contributed by atoms with van der Waals surface area (Å²) in [4.78, 5) is 12.2. The molecule has 1 fully saturated rings. The van der Waals surface area contributed by atoms with Crippen LogP contribution in [0.4, 0.5) is 5.69 Å². The van der Waals surface area contributed by atoms with Gasteiger partial charge in [0.2, 0.25) is 5.91 Å². The second-order valence-corrected chi connectivity index (χ2v) is 5.01. The Kier molecular flexibility index (Phi) is 4.07. The van der Waals surface area contributed by atoms with Crippen LogP contribution < -0.4 is 10.6 Å². The number of ether oxygens (including phenoxy) is 1. The van der Waals surface area contributed by atoms with E-state index in [0.29, 0.717) is 18.9 Å². The van der Waals surface area contributed by atoms with Gasteiger partial charge in [-0.1, -0.05) is 6.07 Å². The number of phenols is 1. The van der Waals surface area contributed by atoms with Crippen LogP contribution in [0.5, 0.6) is 5.75 Å². The van der Waals surface area contributed by atoms with Gasteiger partial charge in [-0.3, -0.25) is 4.79 Å². The maximum absolute atomic E-state index is 12.2. The summed E-state index contributed by atoms with van der Waals surface area (Å²) in [5.41, 5.74) is 2.21. The minimum Gasteiger partial charge on any atom is -0.505 e. The number of aromatic hydroxyl groups is 1. The van der Waals surface area contributed by atoms with Gasteiger partial charge in [0.1, 0.15) is 5.75 Å². The van der Waals surface area contributed by atoms with Crippen molar-refractivity contribution in [2.45, 2.75) is 19.9 Å². The quantitative estimate of drug-likeness (QED) is 0.717. The second-order valence-electron chi connectivity index (χ2n) is 5.01. The van der Waals surface area contributed by atoms with E-state index in [-0.39, 0.29) is 23.6 Å². The Morgan fingerprint density at radius 1 is 1.37 bits per heavy atom. The molecule has 0 radical (unpaired) electrons. The number of aryl methyl sites for hydroxylation is 2. The van der Waals surface area contributed by atoms with Gasteiger partial charge in [-0.2, -0.15) is 0 Å². The number of benzene rings is 1. The number of hydrogen-bond acceptors (Lipinski definition) is 4. The number of hydrogen-bond donors (Lipinski definition) is 3. The molecule has 19 heavy (non-hydrogen) atoms. The Morgan fingerprint density at radius 2 is 2.11 bits per heavy atom.